The van der Waals surface area contributed by atoms with Crippen LogP contribution in [0.3, 0.4) is 0 Å². The van der Waals surface area contributed by atoms with Gasteiger partial charge in [0, 0.05) is 35.8 Å². The van der Waals surface area contributed by atoms with Crippen molar-refractivity contribution in [1.82, 2.24) is 0 Å². The number of rotatable bonds is 17. The third-order valence-electron chi connectivity index (χ3n) is 20.4. The van der Waals surface area contributed by atoms with E-state index in [1.807, 2.05) is 30.3 Å². The number of carboxylic acids is 1. The molecule has 0 aliphatic heterocycles. The van der Waals surface area contributed by atoms with Crippen molar-refractivity contribution >= 4 is 286 Å². The van der Waals surface area contributed by atoms with Gasteiger partial charge in [0.2, 0.25) is 0 Å². The molecule has 0 spiro atoms. The second-order valence-corrected chi connectivity index (χ2v) is 51.0. The molecule has 0 heterocycles. The Morgan fingerprint density at radius 2 is 0.417 bits per heavy atom. The number of benzene rings is 16. The third kappa shape index (κ3) is 21.7. The normalized spacial score (nSPS) is 10.9. The van der Waals surface area contributed by atoms with Crippen LogP contribution in [-0.2, 0) is 13.1 Å². The first-order valence-electron chi connectivity index (χ1n) is 36.9. The van der Waals surface area contributed by atoms with E-state index >= 15 is 0 Å². The number of aromatic carboxylic acids is 1. The van der Waals surface area contributed by atoms with Crippen LogP contribution in [0.25, 0.3) is 16.0 Å². The third-order valence-corrected chi connectivity index (χ3v) is 45.0. The molecule has 0 aliphatic rings. The van der Waals surface area contributed by atoms with Crippen molar-refractivity contribution in [3.63, 3.8) is 0 Å². The van der Waals surface area contributed by atoms with Gasteiger partial charge in [-0.1, -0.05) is 407 Å². The first-order valence-corrected chi connectivity index (χ1v) is 54.2. The van der Waals surface area contributed by atoms with Gasteiger partial charge >= 0.3 is 68.9 Å². The Bertz CT molecular complexity index is 5360. The Labute approximate surface area is 814 Å². The predicted molar refractivity (Wildman–Crippen MR) is 540 cm³/mol. The van der Waals surface area contributed by atoms with Crippen LogP contribution in [0.2, 0.25) is 5.02 Å². The van der Waals surface area contributed by atoms with Crippen LogP contribution in [0.5, 0.6) is 0 Å². The maximum absolute atomic E-state index is 11.8. The molecule has 0 unspecified atom stereocenters. The molecule has 0 saturated heterocycles. The zero-order valence-corrected chi connectivity index (χ0v) is 86.0. The molecule has 16 aromatic carbocycles. The van der Waals surface area contributed by atoms with Gasteiger partial charge in [0.05, 0.1) is 16.3 Å². The van der Waals surface area contributed by atoms with Crippen molar-refractivity contribution in [2.45, 2.75) is 0 Å². The van der Waals surface area contributed by atoms with Gasteiger partial charge in [-0.3, -0.25) is 4.91 Å². The maximum Gasteiger partial charge on any atom is 1.00 e. The van der Waals surface area contributed by atoms with E-state index in [0.29, 0.717) is 14.0 Å². The van der Waals surface area contributed by atoms with Gasteiger partial charge in [0.25, 0.3) is 0 Å². The molecule has 0 saturated carbocycles. The van der Waals surface area contributed by atoms with E-state index in [9.17, 15) is 9.90 Å². The average molecular weight is 2270 g/mol. The summed E-state index contributed by atoms with van der Waals surface area (Å²) < 4.78 is 6.95. The smallest absolute Gasteiger partial charge is 0.373 e. The molecule has 23 heteroatoms. The minimum absolute atomic E-state index is 0. The Morgan fingerprint density at radius 3 is 0.575 bits per heavy atom. The van der Waals surface area contributed by atoms with Crippen LogP contribution >= 0.6 is 159 Å². The summed E-state index contributed by atoms with van der Waals surface area (Å²) in [5, 5.41) is 31.3. The van der Waals surface area contributed by atoms with E-state index in [0.717, 1.165) is 50.8 Å². The second-order valence-electron chi connectivity index (χ2n) is 26.9. The molecule has 597 valence electrons. The molecule has 0 atom stereocenters. The molecule has 120 heavy (non-hydrogen) atoms. The summed E-state index contributed by atoms with van der Waals surface area (Å²) >= 11 is 36.4. The molecule has 16 rings (SSSR count). The molecule has 6 nitrogen and oxygen atoms in total. The number of nitrogen functional groups attached to an aromatic ring is 1. The van der Waals surface area contributed by atoms with Crippen LogP contribution in [0, 0.1) is 0 Å². The number of carbonyl (C=O) groups is 1. The number of nitrogens with zero attached hydrogens (tertiary/aromatic N) is 3. The summed E-state index contributed by atoms with van der Waals surface area (Å²) in [7, 11) is -0.761. The Hall–Kier alpha value is -6.80. The SMILES string of the molecule is Brc1cc(Br)cc([Si](c2ccccc2)(c2ccccc2)c2ccccc2)c1.Clc1c(Br)cc([Si](c2ccccc2)(c2ccccc2)c2ccccc2)cc1Br.Nc1c(Br)cc([Si](c2ccccc2)(c2ccccc2)c2ccccc2)cc1Br.O=C(O)c1c(Br)cc([Si](c2ccccc2)(c2ccccc2)c2ccccc2)cc1Br.[Cl][Cu][Cl].[N-]=[N+]=[N-].[Na+]. The molecule has 0 amide bonds. The predicted octanol–water partition coefficient (Wildman–Crippen LogP) is 17.5. The standard InChI is InChI=1S/C25H18Br2O2Si.C24H17Br2ClSi.C24H19Br2NSi.C24H18Br2Si.2ClH.Cu.N3.Na/c26-22-16-21(17-23(27)24(22)25(28)29)30(18-10-4-1-5-11-18,19-12-6-2-7-13-19)20-14-8-3-9-15-20;2*25-22-16-21(17-23(26)24(22)27)28(18-10-4-1-5-11-18,19-12-6-2-7-13-19)20-14-8-3-9-15-20;25-19-16-20(26)18-24(17-19)27(21-10-4-1-5-11-21,22-12-6-2-7-13-22)23-14-8-3-9-15-23;;;;1-3-2;/h1-17H,(H,28,29);1-17H;1-17H,27H2;1-18H;2*1H;;;/q;;;;;;+2;-1;+1/p-2. The van der Waals surface area contributed by atoms with Crippen molar-refractivity contribution in [2.75, 3.05) is 5.73 Å². The Kier molecular flexibility index (Phi) is 37.2. The fourth-order valence-electron chi connectivity index (χ4n) is 15.6. The summed E-state index contributed by atoms with van der Waals surface area (Å²) in [6, 6.07) is 149. The quantitative estimate of drug-likeness (QED) is 0.0180. The zero-order valence-electron chi connectivity index (χ0n) is 64.1. The van der Waals surface area contributed by atoms with E-state index in [2.05, 4.69) is 536 Å². The molecule has 0 aliphatic carbocycles. The van der Waals surface area contributed by atoms with Crippen molar-refractivity contribution < 1.29 is 52.6 Å². The van der Waals surface area contributed by atoms with Crippen LogP contribution in [0.4, 0.5) is 5.69 Å². The molecular weight excluding hydrogens is 2200 g/mol. The fraction of sp³-hybridized carbons (Fsp3) is 0. The molecule has 0 radical (unpaired) electrons. The number of anilines is 1. The van der Waals surface area contributed by atoms with Crippen molar-refractivity contribution in [3.05, 3.63) is 481 Å². The largest absolute Gasteiger partial charge is 1.00 e. The van der Waals surface area contributed by atoms with Gasteiger partial charge < -0.3 is 21.9 Å². The maximum atomic E-state index is 11.8. The second kappa shape index (κ2) is 46.8. The molecule has 0 aromatic heterocycles. The first-order chi connectivity index (χ1) is 57.9. The van der Waals surface area contributed by atoms with Gasteiger partial charge in [-0.15, -0.1) is 0 Å². The van der Waals surface area contributed by atoms with Crippen LogP contribution in [0.1, 0.15) is 10.4 Å². The number of carboxylic acid groups (broad SMARTS) is 1. The summed E-state index contributed by atoms with van der Waals surface area (Å²) in [4.78, 5) is 13.3. The minimum Gasteiger partial charge on any atom is -0.373 e. The van der Waals surface area contributed by atoms with E-state index < -0.39 is 38.3 Å². The van der Waals surface area contributed by atoms with Gasteiger partial charge in [0.1, 0.15) is 0 Å². The number of hydrogen-bond donors (Lipinski definition) is 2. The summed E-state index contributed by atoms with van der Waals surface area (Å²) in [6.07, 6.45) is 0. The average Bonchev–Trinajstić information content (AvgIpc) is 0.749. The van der Waals surface area contributed by atoms with Gasteiger partial charge in [-0.25, -0.2) is 4.79 Å². The zero-order chi connectivity index (χ0) is 84.4. The molecule has 3 N–H and O–H groups in total. The van der Waals surface area contributed by atoms with Gasteiger partial charge in [-0.05, 0) is 233 Å². The van der Waals surface area contributed by atoms with E-state index in [1.165, 1.54) is 82.7 Å². The summed E-state index contributed by atoms with van der Waals surface area (Å²) in [5.74, 6) is -0.966. The van der Waals surface area contributed by atoms with Crippen LogP contribution in [0.15, 0.2) is 454 Å². The monoisotopic (exact) mass is 2260 g/mol. The molecular formula is C97H72Br8Cl3CuN4NaO2Si4. The fourth-order valence-corrected chi connectivity index (χ4v) is 41.8. The Morgan fingerprint density at radius 1 is 0.275 bits per heavy atom. The number of nitrogens with two attached hydrogens (primary N) is 1. The van der Waals surface area contributed by atoms with Gasteiger partial charge in [-0.2, -0.15) is 0 Å². The van der Waals surface area contributed by atoms with E-state index in [4.69, 9.17) is 28.4 Å². The van der Waals surface area contributed by atoms with Gasteiger partial charge in [0.15, 0.2) is 32.3 Å². The number of halogens is 11. The molecule has 0 bridgehead atoms. The Balaban J connectivity index is 0.000000164. The van der Waals surface area contributed by atoms with Crippen LogP contribution < -0.4 is 118 Å². The molecule has 0 fully saturated rings. The van der Waals surface area contributed by atoms with Crippen molar-refractivity contribution in [2.24, 2.45) is 0 Å². The van der Waals surface area contributed by atoms with Crippen molar-refractivity contribution in [1.29, 1.82) is 0 Å². The van der Waals surface area contributed by atoms with E-state index in [-0.39, 0.29) is 35.1 Å². The van der Waals surface area contributed by atoms with Crippen molar-refractivity contribution in [3.8, 4) is 0 Å². The first kappa shape index (κ1) is 95.4. The van der Waals surface area contributed by atoms with E-state index in [1.54, 1.807) is 0 Å². The molecule has 16 aromatic rings. The topological polar surface area (TPSA) is 122 Å². The minimum atomic E-state index is -2.67. The summed E-state index contributed by atoms with van der Waals surface area (Å²) in [5.41, 5.74) is 20.7. The summed E-state index contributed by atoms with van der Waals surface area (Å²) in [6.45, 7) is 0. The van der Waals surface area contributed by atoms with Crippen LogP contribution in [-0.4, -0.2) is 43.4 Å². The number of hydrogen-bond acceptors (Lipinski definition) is 2.